The third-order valence-electron chi connectivity index (χ3n) is 7.49. The van der Waals surface area contributed by atoms with Crippen LogP contribution in [0.3, 0.4) is 0 Å². The molecule has 3 heterocycles. The number of hydrogen-bond acceptors (Lipinski definition) is 4. The van der Waals surface area contributed by atoms with Crippen LogP contribution in [0.4, 0.5) is 0 Å². The van der Waals surface area contributed by atoms with Crippen LogP contribution in [0.1, 0.15) is 44.6 Å². The lowest BCUT2D eigenvalue weighted by molar-refractivity contribution is -0.139. The molecule has 0 spiro atoms. The van der Waals surface area contributed by atoms with Crippen LogP contribution in [-0.2, 0) is 16.0 Å². The number of amides is 2. The fourth-order valence-corrected chi connectivity index (χ4v) is 5.80. The highest BCUT2D eigenvalue weighted by Gasteiger charge is 2.48. The summed E-state index contributed by atoms with van der Waals surface area (Å²) >= 11 is 3.50. The van der Waals surface area contributed by atoms with Crippen LogP contribution in [-0.4, -0.2) is 72.5 Å². The molecule has 1 aromatic carbocycles. The predicted molar refractivity (Wildman–Crippen MR) is 126 cm³/mol. The summed E-state index contributed by atoms with van der Waals surface area (Å²) in [6, 6.07) is 8.52. The zero-order valence-corrected chi connectivity index (χ0v) is 20.2. The largest absolute Gasteiger partial charge is 0.343 e. The van der Waals surface area contributed by atoms with Crippen LogP contribution < -0.4 is 10.6 Å². The van der Waals surface area contributed by atoms with E-state index in [4.69, 9.17) is 0 Å². The van der Waals surface area contributed by atoms with Crippen molar-refractivity contribution in [1.29, 1.82) is 0 Å². The standard InChI is InChI=1S/C24H35BrN4O2/c1-16(26-2)23(30)27-21-5-3-4-20-14-18-11-13-28(15-22(18)29(20)24(21)31)12-10-17-6-8-19(25)9-7-17/h6-9,16,18,20-22,26H,3-5,10-15H2,1-2H3,(H,27,30)/t16-,18+,20-,21-,22+/m0/s1. The van der Waals surface area contributed by atoms with Crippen LogP contribution in [0, 0.1) is 5.92 Å². The number of carbonyl (C=O) groups excluding carboxylic acids is 2. The Kier molecular flexibility index (Phi) is 7.34. The van der Waals surface area contributed by atoms with Gasteiger partial charge in [-0.2, -0.15) is 0 Å². The SMILES string of the molecule is CN[C@@H](C)C(=O)N[C@H]1CCC[C@H]2C[C@H]3CCN(CCc4ccc(Br)cc4)C[C@H]3N2C1=O. The van der Waals surface area contributed by atoms with E-state index in [1.807, 2.05) is 6.92 Å². The number of halogens is 1. The summed E-state index contributed by atoms with van der Waals surface area (Å²) in [6.45, 7) is 4.93. The van der Waals surface area contributed by atoms with Gasteiger partial charge in [0.1, 0.15) is 6.04 Å². The third-order valence-corrected chi connectivity index (χ3v) is 8.02. The van der Waals surface area contributed by atoms with Crippen LogP contribution in [0.25, 0.3) is 0 Å². The molecule has 0 aliphatic carbocycles. The highest BCUT2D eigenvalue weighted by Crippen LogP contribution is 2.39. The Hall–Kier alpha value is -1.44. The molecule has 31 heavy (non-hydrogen) atoms. The van der Waals surface area contributed by atoms with Crippen molar-refractivity contribution in [2.75, 3.05) is 26.7 Å². The molecule has 0 aromatic heterocycles. The minimum atomic E-state index is -0.384. The molecule has 3 saturated heterocycles. The molecule has 170 valence electrons. The summed E-state index contributed by atoms with van der Waals surface area (Å²) in [5.74, 6) is 0.653. The maximum Gasteiger partial charge on any atom is 0.245 e. The average Bonchev–Trinajstić information content (AvgIpc) is 3.06. The Bertz CT molecular complexity index is 786. The van der Waals surface area contributed by atoms with Crippen molar-refractivity contribution in [2.24, 2.45) is 5.92 Å². The minimum Gasteiger partial charge on any atom is -0.343 e. The van der Waals surface area contributed by atoms with E-state index < -0.39 is 0 Å². The summed E-state index contributed by atoms with van der Waals surface area (Å²) in [5, 5.41) is 5.99. The Morgan fingerprint density at radius 2 is 2.00 bits per heavy atom. The Balaban J connectivity index is 1.40. The molecular formula is C24H35BrN4O2. The Morgan fingerprint density at radius 1 is 1.23 bits per heavy atom. The highest BCUT2D eigenvalue weighted by molar-refractivity contribution is 9.10. The van der Waals surface area contributed by atoms with Gasteiger partial charge < -0.3 is 20.4 Å². The first-order valence-electron chi connectivity index (χ1n) is 11.7. The van der Waals surface area contributed by atoms with Gasteiger partial charge in [-0.1, -0.05) is 28.1 Å². The van der Waals surface area contributed by atoms with Crippen molar-refractivity contribution < 1.29 is 9.59 Å². The molecule has 7 heteroatoms. The predicted octanol–water partition coefficient (Wildman–Crippen LogP) is 2.56. The number of likely N-dealkylation sites (tertiary alicyclic amines) is 1. The molecule has 0 radical (unpaired) electrons. The summed E-state index contributed by atoms with van der Waals surface area (Å²) in [7, 11) is 1.77. The molecule has 2 amide bonds. The van der Waals surface area contributed by atoms with Gasteiger partial charge in [0.2, 0.25) is 11.8 Å². The number of benzene rings is 1. The van der Waals surface area contributed by atoms with Gasteiger partial charge in [0, 0.05) is 29.6 Å². The van der Waals surface area contributed by atoms with Crippen LogP contribution >= 0.6 is 15.9 Å². The van der Waals surface area contributed by atoms with E-state index in [-0.39, 0.29) is 29.9 Å². The van der Waals surface area contributed by atoms with E-state index >= 15 is 0 Å². The normalized spacial score (nSPS) is 29.8. The molecule has 4 rings (SSSR count). The summed E-state index contributed by atoms with van der Waals surface area (Å²) in [5.41, 5.74) is 1.35. The lowest BCUT2D eigenvalue weighted by Gasteiger charge is -2.40. The van der Waals surface area contributed by atoms with Crippen molar-refractivity contribution in [1.82, 2.24) is 20.4 Å². The van der Waals surface area contributed by atoms with E-state index in [1.165, 1.54) is 12.0 Å². The monoisotopic (exact) mass is 490 g/mol. The van der Waals surface area contributed by atoms with Crippen molar-refractivity contribution in [3.05, 3.63) is 34.3 Å². The van der Waals surface area contributed by atoms with Crippen LogP contribution in [0.5, 0.6) is 0 Å². The van der Waals surface area contributed by atoms with Crippen LogP contribution in [0.15, 0.2) is 28.7 Å². The number of nitrogens with zero attached hydrogens (tertiary/aromatic N) is 2. The number of hydrogen-bond donors (Lipinski definition) is 2. The van der Waals surface area contributed by atoms with Gasteiger partial charge in [0.15, 0.2) is 0 Å². The molecule has 3 aliphatic heterocycles. The molecule has 3 aliphatic rings. The van der Waals surface area contributed by atoms with E-state index in [1.54, 1.807) is 7.05 Å². The van der Waals surface area contributed by atoms with E-state index in [2.05, 4.69) is 60.6 Å². The zero-order chi connectivity index (χ0) is 22.0. The molecule has 0 saturated carbocycles. The van der Waals surface area contributed by atoms with Gasteiger partial charge in [-0.3, -0.25) is 9.59 Å². The molecule has 5 atom stereocenters. The number of rotatable bonds is 6. The molecular weight excluding hydrogens is 456 g/mol. The second-order valence-corrected chi connectivity index (χ2v) is 10.3. The maximum absolute atomic E-state index is 13.5. The highest BCUT2D eigenvalue weighted by atomic mass is 79.9. The van der Waals surface area contributed by atoms with Gasteiger partial charge >= 0.3 is 0 Å². The average molecular weight is 491 g/mol. The molecule has 2 N–H and O–H groups in total. The summed E-state index contributed by atoms with van der Waals surface area (Å²) in [4.78, 5) is 30.6. The van der Waals surface area contributed by atoms with Gasteiger partial charge in [-0.25, -0.2) is 0 Å². The van der Waals surface area contributed by atoms with Crippen molar-refractivity contribution in [3.8, 4) is 0 Å². The first kappa shape index (κ1) is 22.7. The molecule has 0 bridgehead atoms. The smallest absolute Gasteiger partial charge is 0.245 e. The van der Waals surface area contributed by atoms with Gasteiger partial charge in [-0.15, -0.1) is 0 Å². The molecule has 1 aromatic rings. The minimum absolute atomic E-state index is 0.0881. The van der Waals surface area contributed by atoms with Gasteiger partial charge in [0.05, 0.1) is 6.04 Å². The first-order chi connectivity index (χ1) is 15.0. The fraction of sp³-hybridized carbons (Fsp3) is 0.667. The van der Waals surface area contributed by atoms with Gasteiger partial charge in [-0.05, 0) is 82.7 Å². The molecule has 3 fully saturated rings. The first-order valence-corrected chi connectivity index (χ1v) is 12.5. The second kappa shape index (κ2) is 10.0. The third kappa shape index (κ3) is 5.15. The Morgan fingerprint density at radius 3 is 2.74 bits per heavy atom. The maximum atomic E-state index is 13.5. The Labute approximate surface area is 194 Å². The van der Waals surface area contributed by atoms with Crippen molar-refractivity contribution in [3.63, 3.8) is 0 Å². The topological polar surface area (TPSA) is 64.7 Å². The molecule has 0 unspecified atom stereocenters. The fourth-order valence-electron chi connectivity index (χ4n) is 5.53. The number of fused-ring (bicyclic) bond motifs is 3. The zero-order valence-electron chi connectivity index (χ0n) is 18.6. The summed E-state index contributed by atoms with van der Waals surface area (Å²) < 4.78 is 1.11. The second-order valence-electron chi connectivity index (χ2n) is 9.43. The number of piperidine rings is 1. The van der Waals surface area contributed by atoms with Crippen molar-refractivity contribution in [2.45, 2.75) is 69.6 Å². The van der Waals surface area contributed by atoms with E-state index in [9.17, 15) is 9.59 Å². The van der Waals surface area contributed by atoms with Crippen molar-refractivity contribution >= 4 is 27.7 Å². The molecule has 6 nitrogen and oxygen atoms in total. The number of carbonyl (C=O) groups is 2. The van der Waals surface area contributed by atoms with E-state index in [0.29, 0.717) is 12.0 Å². The quantitative estimate of drug-likeness (QED) is 0.642. The number of likely N-dealkylation sites (N-methyl/N-ethyl adjacent to an activating group) is 1. The van der Waals surface area contributed by atoms with Crippen LogP contribution in [0.2, 0.25) is 0 Å². The van der Waals surface area contributed by atoms with E-state index in [0.717, 1.165) is 56.2 Å². The van der Waals surface area contributed by atoms with Gasteiger partial charge in [0.25, 0.3) is 0 Å². The lowest BCUT2D eigenvalue weighted by Crippen LogP contribution is -2.57. The number of nitrogens with one attached hydrogen (secondary N) is 2. The summed E-state index contributed by atoms with van der Waals surface area (Å²) in [6.07, 6.45) is 6.13. The lowest BCUT2D eigenvalue weighted by atomic mass is 9.90.